The lowest BCUT2D eigenvalue weighted by molar-refractivity contribution is -0.116. The molecule has 1 aromatic carbocycles. The second-order valence-electron chi connectivity index (χ2n) is 5.04. The molecule has 2 aromatic rings. The van der Waals surface area contributed by atoms with Gasteiger partial charge in [-0.2, -0.15) is 0 Å². The van der Waals surface area contributed by atoms with Crippen molar-refractivity contribution in [1.29, 1.82) is 0 Å². The molecular formula is C16H16N2O3. The highest BCUT2D eigenvalue weighted by molar-refractivity contribution is 5.94. The van der Waals surface area contributed by atoms with Gasteiger partial charge in [0.2, 0.25) is 5.91 Å². The molecule has 108 valence electrons. The molecule has 0 saturated heterocycles. The summed E-state index contributed by atoms with van der Waals surface area (Å²) in [6, 6.07) is 9.23. The summed E-state index contributed by atoms with van der Waals surface area (Å²) in [5, 5.41) is 2.81. The Morgan fingerprint density at radius 1 is 1.33 bits per heavy atom. The summed E-state index contributed by atoms with van der Waals surface area (Å²) < 4.78 is 5.04. The Labute approximate surface area is 122 Å². The minimum absolute atomic E-state index is 0.0626. The quantitative estimate of drug-likeness (QED) is 0.939. The van der Waals surface area contributed by atoms with Crippen molar-refractivity contribution < 1.29 is 14.0 Å². The molecule has 1 aliphatic rings. The van der Waals surface area contributed by atoms with E-state index in [2.05, 4.69) is 5.32 Å². The highest BCUT2D eigenvalue weighted by atomic mass is 16.3. The fraction of sp³-hybridized carbons (Fsp3) is 0.250. The molecule has 1 aliphatic heterocycles. The lowest BCUT2D eigenvalue weighted by Crippen LogP contribution is -2.25. The van der Waals surface area contributed by atoms with Gasteiger partial charge in [-0.15, -0.1) is 0 Å². The number of amides is 2. The number of rotatable bonds is 3. The van der Waals surface area contributed by atoms with E-state index in [9.17, 15) is 9.59 Å². The number of anilines is 1. The Kier molecular flexibility index (Phi) is 3.48. The Morgan fingerprint density at radius 3 is 2.90 bits per heavy atom. The predicted molar refractivity (Wildman–Crippen MR) is 78.1 cm³/mol. The van der Waals surface area contributed by atoms with Crippen molar-refractivity contribution in [3.05, 3.63) is 53.5 Å². The van der Waals surface area contributed by atoms with Crippen LogP contribution >= 0.6 is 0 Å². The highest BCUT2D eigenvalue weighted by Gasteiger charge is 2.22. The van der Waals surface area contributed by atoms with Crippen molar-refractivity contribution in [3.63, 3.8) is 0 Å². The van der Waals surface area contributed by atoms with Crippen LogP contribution in [0.15, 0.2) is 41.0 Å². The summed E-state index contributed by atoms with van der Waals surface area (Å²) in [6.45, 7) is 2.74. The van der Waals surface area contributed by atoms with Crippen molar-refractivity contribution in [3.8, 4) is 0 Å². The van der Waals surface area contributed by atoms with E-state index in [0.717, 1.165) is 29.8 Å². The minimum atomic E-state index is -0.231. The van der Waals surface area contributed by atoms with Crippen LogP contribution in [0.25, 0.3) is 0 Å². The van der Waals surface area contributed by atoms with Gasteiger partial charge in [0.05, 0.1) is 6.26 Å². The van der Waals surface area contributed by atoms with Crippen molar-refractivity contribution in [2.24, 2.45) is 0 Å². The number of carbonyl (C=O) groups excluding carboxylic acids is 2. The molecule has 5 nitrogen and oxygen atoms in total. The molecule has 1 aromatic heterocycles. The van der Waals surface area contributed by atoms with E-state index in [1.165, 1.54) is 6.26 Å². The Hall–Kier alpha value is -2.56. The number of nitrogens with one attached hydrogen (secondary N) is 1. The van der Waals surface area contributed by atoms with Gasteiger partial charge in [-0.1, -0.05) is 12.1 Å². The van der Waals surface area contributed by atoms with Gasteiger partial charge in [0.1, 0.15) is 0 Å². The first kappa shape index (κ1) is 13.4. The Balaban J connectivity index is 1.68. The largest absolute Gasteiger partial charge is 0.459 e. The molecule has 0 spiro atoms. The van der Waals surface area contributed by atoms with Gasteiger partial charge >= 0.3 is 0 Å². The van der Waals surface area contributed by atoms with Gasteiger partial charge in [0, 0.05) is 25.7 Å². The van der Waals surface area contributed by atoms with Gasteiger partial charge in [-0.25, -0.2) is 0 Å². The molecule has 2 heterocycles. The number of nitrogens with zero attached hydrogens (tertiary/aromatic N) is 1. The standard InChI is InChI=1S/C16H16N2O3/c1-11(19)18-7-6-13-9-12(4-5-14(13)18)10-17-16(20)15-3-2-8-21-15/h2-5,8-9H,6-7,10H2,1H3,(H,17,20). The van der Waals surface area contributed by atoms with E-state index in [0.29, 0.717) is 12.3 Å². The molecule has 0 unspecified atom stereocenters. The van der Waals surface area contributed by atoms with Crippen molar-refractivity contribution in [2.75, 3.05) is 11.4 Å². The lowest BCUT2D eigenvalue weighted by Gasteiger charge is -2.14. The predicted octanol–water partition coefficient (Wildman–Crippen LogP) is 2.12. The smallest absolute Gasteiger partial charge is 0.287 e. The fourth-order valence-corrected chi connectivity index (χ4v) is 2.57. The third-order valence-corrected chi connectivity index (χ3v) is 3.62. The molecule has 0 saturated carbocycles. The van der Waals surface area contributed by atoms with Crippen molar-refractivity contribution in [1.82, 2.24) is 5.32 Å². The number of hydrogen-bond donors (Lipinski definition) is 1. The monoisotopic (exact) mass is 284 g/mol. The lowest BCUT2D eigenvalue weighted by atomic mass is 10.1. The molecule has 0 fully saturated rings. The van der Waals surface area contributed by atoms with Crippen LogP contribution in [-0.2, 0) is 17.8 Å². The van der Waals surface area contributed by atoms with Crippen LogP contribution in [0.3, 0.4) is 0 Å². The van der Waals surface area contributed by atoms with Gasteiger partial charge in [-0.05, 0) is 35.7 Å². The van der Waals surface area contributed by atoms with Gasteiger partial charge in [0.15, 0.2) is 5.76 Å². The molecule has 0 atom stereocenters. The van der Waals surface area contributed by atoms with E-state index in [4.69, 9.17) is 4.42 Å². The molecule has 0 aliphatic carbocycles. The zero-order valence-electron chi connectivity index (χ0n) is 11.8. The molecule has 1 N–H and O–H groups in total. The summed E-state index contributed by atoms with van der Waals surface area (Å²) in [7, 11) is 0. The molecule has 0 radical (unpaired) electrons. The van der Waals surface area contributed by atoms with Gasteiger partial charge in [-0.3, -0.25) is 9.59 Å². The normalized spacial score (nSPS) is 13.1. The highest BCUT2D eigenvalue weighted by Crippen LogP contribution is 2.28. The first-order valence-electron chi connectivity index (χ1n) is 6.87. The summed E-state index contributed by atoms with van der Waals surface area (Å²) in [5.41, 5.74) is 3.14. The zero-order chi connectivity index (χ0) is 14.8. The summed E-state index contributed by atoms with van der Waals surface area (Å²) in [6.07, 6.45) is 2.33. The topological polar surface area (TPSA) is 62.6 Å². The Bertz CT molecular complexity index is 677. The number of benzene rings is 1. The van der Waals surface area contributed by atoms with Crippen LogP contribution in [0.4, 0.5) is 5.69 Å². The molecule has 21 heavy (non-hydrogen) atoms. The zero-order valence-corrected chi connectivity index (χ0v) is 11.8. The second-order valence-corrected chi connectivity index (χ2v) is 5.04. The van der Waals surface area contributed by atoms with Crippen LogP contribution in [0.5, 0.6) is 0 Å². The van der Waals surface area contributed by atoms with E-state index >= 15 is 0 Å². The molecular weight excluding hydrogens is 268 g/mol. The number of fused-ring (bicyclic) bond motifs is 1. The summed E-state index contributed by atoms with van der Waals surface area (Å²) in [5.74, 6) is 0.136. The first-order chi connectivity index (χ1) is 10.1. The van der Waals surface area contributed by atoms with Crippen LogP contribution in [0.2, 0.25) is 0 Å². The maximum absolute atomic E-state index is 11.8. The minimum Gasteiger partial charge on any atom is -0.459 e. The maximum atomic E-state index is 11.8. The fourth-order valence-electron chi connectivity index (χ4n) is 2.57. The summed E-state index contributed by atoms with van der Waals surface area (Å²) in [4.78, 5) is 25.1. The average molecular weight is 284 g/mol. The second kappa shape index (κ2) is 5.44. The van der Waals surface area contributed by atoms with Crippen molar-refractivity contribution >= 4 is 17.5 Å². The van der Waals surface area contributed by atoms with E-state index in [1.807, 2.05) is 18.2 Å². The van der Waals surface area contributed by atoms with Crippen LogP contribution in [0.1, 0.15) is 28.6 Å². The summed E-state index contributed by atoms with van der Waals surface area (Å²) >= 11 is 0. The molecule has 2 amide bonds. The van der Waals surface area contributed by atoms with E-state index in [-0.39, 0.29) is 11.8 Å². The number of hydrogen-bond acceptors (Lipinski definition) is 3. The van der Waals surface area contributed by atoms with E-state index in [1.54, 1.807) is 24.0 Å². The van der Waals surface area contributed by atoms with Crippen LogP contribution in [0, 0.1) is 0 Å². The Morgan fingerprint density at radius 2 is 2.19 bits per heavy atom. The third kappa shape index (κ3) is 2.67. The molecule has 0 bridgehead atoms. The molecule has 3 rings (SSSR count). The van der Waals surface area contributed by atoms with Crippen LogP contribution < -0.4 is 10.2 Å². The third-order valence-electron chi connectivity index (χ3n) is 3.62. The average Bonchev–Trinajstić information content (AvgIpc) is 3.13. The first-order valence-corrected chi connectivity index (χ1v) is 6.87. The van der Waals surface area contributed by atoms with Crippen molar-refractivity contribution in [2.45, 2.75) is 19.9 Å². The van der Waals surface area contributed by atoms with Gasteiger partial charge in [0.25, 0.3) is 5.91 Å². The van der Waals surface area contributed by atoms with Crippen LogP contribution in [-0.4, -0.2) is 18.4 Å². The van der Waals surface area contributed by atoms with E-state index < -0.39 is 0 Å². The SMILES string of the molecule is CC(=O)N1CCc2cc(CNC(=O)c3ccco3)ccc21. The number of furan rings is 1. The van der Waals surface area contributed by atoms with Gasteiger partial charge < -0.3 is 14.6 Å². The molecule has 5 heteroatoms. The number of carbonyl (C=O) groups is 2. The maximum Gasteiger partial charge on any atom is 0.287 e.